The van der Waals surface area contributed by atoms with Crippen molar-refractivity contribution in [2.45, 2.75) is 19.3 Å². The number of fused-ring (bicyclic) bond motifs is 3. The lowest BCUT2D eigenvalue weighted by Gasteiger charge is -2.14. The van der Waals surface area contributed by atoms with E-state index in [-0.39, 0.29) is 0 Å². The van der Waals surface area contributed by atoms with E-state index in [1.165, 1.54) is 23.2 Å². The van der Waals surface area contributed by atoms with Crippen LogP contribution in [0.25, 0.3) is 17.3 Å². The summed E-state index contributed by atoms with van der Waals surface area (Å²) in [5, 5.41) is 0. The first kappa shape index (κ1) is 10.0. The van der Waals surface area contributed by atoms with Crippen LogP contribution in [0.4, 0.5) is 0 Å². The molecule has 2 aromatic rings. The maximum Gasteiger partial charge on any atom is 0.126 e. The minimum absolute atomic E-state index is 0.647. The molecule has 2 atom stereocenters. The molecule has 0 saturated heterocycles. The second-order valence-corrected chi connectivity index (χ2v) is 5.15. The molecule has 4 rings (SSSR count). The molecule has 2 heteroatoms. The van der Waals surface area contributed by atoms with Gasteiger partial charge in [-0.15, -0.1) is 0 Å². The average Bonchev–Trinajstić information content (AvgIpc) is 3.18. The van der Waals surface area contributed by atoms with Gasteiger partial charge in [-0.2, -0.15) is 0 Å². The van der Waals surface area contributed by atoms with Gasteiger partial charge in [0.25, 0.3) is 0 Å². The first-order valence-electron chi connectivity index (χ1n) is 6.45. The molecule has 1 aromatic heterocycles. The number of hydrogen-bond donors (Lipinski definition) is 0. The molecule has 1 aromatic carbocycles. The SMILES string of the molecule is Cc1nc(-c2ccccc2)c2c(n1)C1CC1C=C2. The lowest BCUT2D eigenvalue weighted by atomic mass is 9.97. The van der Waals surface area contributed by atoms with Gasteiger partial charge in [0.15, 0.2) is 0 Å². The fourth-order valence-electron chi connectivity index (χ4n) is 2.83. The van der Waals surface area contributed by atoms with Crippen LogP contribution < -0.4 is 0 Å². The van der Waals surface area contributed by atoms with Gasteiger partial charge in [0, 0.05) is 17.0 Å². The predicted octanol–water partition coefficient (Wildman–Crippen LogP) is 3.58. The smallest absolute Gasteiger partial charge is 0.126 e. The van der Waals surface area contributed by atoms with Gasteiger partial charge in [0.2, 0.25) is 0 Å². The molecular weight excluding hydrogens is 220 g/mol. The summed E-state index contributed by atoms with van der Waals surface area (Å²) in [6.45, 7) is 1.99. The van der Waals surface area contributed by atoms with Crippen LogP contribution in [0.5, 0.6) is 0 Å². The molecule has 18 heavy (non-hydrogen) atoms. The molecule has 0 bridgehead atoms. The summed E-state index contributed by atoms with van der Waals surface area (Å²) >= 11 is 0. The molecule has 1 fully saturated rings. The van der Waals surface area contributed by atoms with E-state index in [0.29, 0.717) is 5.92 Å². The molecule has 0 spiro atoms. The van der Waals surface area contributed by atoms with Crippen LogP contribution in [-0.4, -0.2) is 9.97 Å². The normalized spacial score (nSPS) is 23.4. The summed E-state index contributed by atoms with van der Waals surface area (Å²) in [5.74, 6) is 2.26. The molecule has 0 amide bonds. The zero-order valence-corrected chi connectivity index (χ0v) is 10.3. The van der Waals surface area contributed by atoms with Gasteiger partial charge in [0.05, 0.1) is 11.4 Å². The van der Waals surface area contributed by atoms with Crippen molar-refractivity contribution in [2.75, 3.05) is 0 Å². The summed E-state index contributed by atoms with van der Waals surface area (Å²) < 4.78 is 0. The Morgan fingerprint density at radius 2 is 1.94 bits per heavy atom. The van der Waals surface area contributed by atoms with Crippen molar-refractivity contribution in [1.29, 1.82) is 0 Å². The number of aryl methyl sites for hydroxylation is 1. The van der Waals surface area contributed by atoms with Gasteiger partial charge in [-0.25, -0.2) is 9.97 Å². The third-order valence-corrected chi connectivity index (χ3v) is 3.84. The van der Waals surface area contributed by atoms with Crippen LogP contribution >= 0.6 is 0 Å². The number of rotatable bonds is 1. The van der Waals surface area contributed by atoms with Gasteiger partial charge >= 0.3 is 0 Å². The summed E-state index contributed by atoms with van der Waals surface area (Å²) in [4.78, 5) is 9.31. The number of hydrogen-bond acceptors (Lipinski definition) is 2. The average molecular weight is 234 g/mol. The molecular formula is C16H14N2. The summed E-state index contributed by atoms with van der Waals surface area (Å²) in [6.07, 6.45) is 5.79. The Bertz CT molecular complexity index is 644. The quantitative estimate of drug-likeness (QED) is 0.753. The second-order valence-electron chi connectivity index (χ2n) is 5.15. The van der Waals surface area contributed by atoms with Gasteiger partial charge in [-0.3, -0.25) is 0 Å². The van der Waals surface area contributed by atoms with Gasteiger partial charge < -0.3 is 0 Å². The standard InChI is InChI=1S/C16H14N2/c1-10-17-15(11-5-3-2-4-6-11)13-8-7-12-9-14(12)16(13)18-10/h2-8,12,14H,9H2,1H3. The van der Waals surface area contributed by atoms with E-state index in [2.05, 4.69) is 46.4 Å². The lowest BCUT2D eigenvalue weighted by molar-refractivity contribution is 0.893. The number of aromatic nitrogens is 2. The first-order chi connectivity index (χ1) is 8.83. The highest BCUT2D eigenvalue weighted by Gasteiger charge is 2.41. The maximum absolute atomic E-state index is 4.66. The highest BCUT2D eigenvalue weighted by molar-refractivity contribution is 5.75. The molecule has 0 aliphatic heterocycles. The van der Waals surface area contributed by atoms with Crippen LogP contribution in [0.2, 0.25) is 0 Å². The largest absolute Gasteiger partial charge is 0.237 e. The van der Waals surface area contributed by atoms with Gasteiger partial charge in [-0.1, -0.05) is 42.5 Å². The van der Waals surface area contributed by atoms with Crippen molar-refractivity contribution < 1.29 is 0 Å². The summed E-state index contributed by atoms with van der Waals surface area (Å²) in [6, 6.07) is 10.4. The van der Waals surface area contributed by atoms with Crippen LogP contribution in [0.15, 0.2) is 36.4 Å². The van der Waals surface area contributed by atoms with Gasteiger partial charge in [-0.05, 0) is 19.3 Å². The zero-order valence-electron chi connectivity index (χ0n) is 10.3. The number of nitrogens with zero attached hydrogens (tertiary/aromatic N) is 2. The van der Waals surface area contributed by atoms with E-state index in [0.717, 1.165) is 17.4 Å². The number of allylic oxidation sites excluding steroid dienone is 1. The molecule has 2 unspecified atom stereocenters. The van der Waals surface area contributed by atoms with Crippen molar-refractivity contribution in [3.8, 4) is 11.3 Å². The highest BCUT2D eigenvalue weighted by atomic mass is 14.9. The maximum atomic E-state index is 4.66. The Kier molecular flexibility index (Phi) is 1.95. The Morgan fingerprint density at radius 3 is 2.78 bits per heavy atom. The fraction of sp³-hybridized carbons (Fsp3) is 0.250. The molecule has 1 heterocycles. The molecule has 2 aliphatic carbocycles. The van der Waals surface area contributed by atoms with E-state index in [1.54, 1.807) is 0 Å². The zero-order chi connectivity index (χ0) is 12.1. The third kappa shape index (κ3) is 1.42. The van der Waals surface area contributed by atoms with Crippen molar-refractivity contribution in [1.82, 2.24) is 9.97 Å². The van der Waals surface area contributed by atoms with E-state index in [4.69, 9.17) is 0 Å². The molecule has 0 N–H and O–H groups in total. The van der Waals surface area contributed by atoms with E-state index in [1.807, 2.05) is 13.0 Å². The number of benzene rings is 1. The van der Waals surface area contributed by atoms with Crippen LogP contribution in [0, 0.1) is 12.8 Å². The van der Waals surface area contributed by atoms with E-state index >= 15 is 0 Å². The van der Waals surface area contributed by atoms with E-state index in [9.17, 15) is 0 Å². The molecule has 2 aliphatic rings. The molecule has 88 valence electrons. The summed E-state index contributed by atoms with van der Waals surface area (Å²) in [5.41, 5.74) is 4.75. The van der Waals surface area contributed by atoms with Crippen LogP contribution in [0.1, 0.15) is 29.4 Å². The molecule has 2 nitrogen and oxygen atoms in total. The third-order valence-electron chi connectivity index (χ3n) is 3.84. The summed E-state index contributed by atoms with van der Waals surface area (Å²) in [7, 11) is 0. The Labute approximate surface area is 106 Å². The van der Waals surface area contributed by atoms with Gasteiger partial charge in [0.1, 0.15) is 5.82 Å². The topological polar surface area (TPSA) is 25.8 Å². The van der Waals surface area contributed by atoms with Crippen molar-refractivity contribution in [2.24, 2.45) is 5.92 Å². The minimum Gasteiger partial charge on any atom is -0.237 e. The highest BCUT2D eigenvalue weighted by Crippen LogP contribution is 2.52. The van der Waals surface area contributed by atoms with Crippen molar-refractivity contribution >= 4 is 6.08 Å². The fourth-order valence-corrected chi connectivity index (χ4v) is 2.83. The lowest BCUT2D eigenvalue weighted by Crippen LogP contribution is -2.04. The van der Waals surface area contributed by atoms with Crippen molar-refractivity contribution in [3.63, 3.8) is 0 Å². The monoisotopic (exact) mass is 234 g/mol. The molecule has 0 radical (unpaired) electrons. The van der Waals surface area contributed by atoms with Crippen LogP contribution in [-0.2, 0) is 0 Å². The predicted molar refractivity (Wildman–Crippen MR) is 72.1 cm³/mol. The van der Waals surface area contributed by atoms with E-state index < -0.39 is 0 Å². The molecule has 1 saturated carbocycles. The van der Waals surface area contributed by atoms with Crippen molar-refractivity contribution in [3.05, 3.63) is 53.5 Å². The Hall–Kier alpha value is -1.96. The second kappa shape index (κ2) is 3.52. The van der Waals surface area contributed by atoms with Crippen LogP contribution in [0.3, 0.4) is 0 Å². The Morgan fingerprint density at radius 1 is 1.11 bits per heavy atom. The first-order valence-corrected chi connectivity index (χ1v) is 6.45. The Balaban J connectivity index is 1.97. The minimum atomic E-state index is 0.647.